The first-order valence-electron chi connectivity index (χ1n) is 9.95. The van der Waals surface area contributed by atoms with Gasteiger partial charge in [0.2, 0.25) is 0 Å². The predicted octanol–water partition coefficient (Wildman–Crippen LogP) is 7.97. The molecule has 0 amide bonds. The minimum absolute atomic E-state index is 0.100. The van der Waals surface area contributed by atoms with Crippen molar-refractivity contribution in [3.63, 3.8) is 0 Å². The Balaban J connectivity index is 1.51. The molecule has 4 aromatic rings. The molecule has 0 heterocycles. The van der Waals surface area contributed by atoms with E-state index in [1.165, 1.54) is 16.7 Å². The molecule has 0 aliphatic heterocycles. The van der Waals surface area contributed by atoms with Crippen LogP contribution in [0.4, 0.5) is 5.69 Å². The van der Waals surface area contributed by atoms with E-state index in [1.807, 2.05) is 30.3 Å². The largest absolute Gasteiger partial charge is 0.350 e. The van der Waals surface area contributed by atoms with Gasteiger partial charge in [-0.1, -0.05) is 115 Å². The van der Waals surface area contributed by atoms with Gasteiger partial charge in [0, 0.05) is 23.0 Å². The van der Waals surface area contributed by atoms with Gasteiger partial charge in [-0.25, -0.2) is 0 Å². The van der Waals surface area contributed by atoms with E-state index in [2.05, 4.69) is 84.2 Å². The van der Waals surface area contributed by atoms with Crippen LogP contribution in [0.5, 0.6) is 0 Å². The van der Waals surface area contributed by atoms with Crippen molar-refractivity contribution in [1.82, 2.24) is 0 Å². The Labute approximate surface area is 188 Å². The van der Waals surface area contributed by atoms with Crippen molar-refractivity contribution < 1.29 is 0 Å². The van der Waals surface area contributed by atoms with Gasteiger partial charge < -0.3 is 5.32 Å². The van der Waals surface area contributed by atoms with Crippen LogP contribution in [0.15, 0.2) is 109 Å². The summed E-state index contributed by atoms with van der Waals surface area (Å²) in [4.78, 5) is 0.788. The highest BCUT2D eigenvalue weighted by Gasteiger charge is 2.18. The molecule has 1 nitrogen and oxygen atoms in total. The van der Waals surface area contributed by atoms with Gasteiger partial charge in [-0.05, 0) is 40.5 Å². The topological polar surface area (TPSA) is 12.0 Å². The van der Waals surface area contributed by atoms with Crippen LogP contribution in [-0.4, -0.2) is 4.99 Å². The highest BCUT2D eigenvalue weighted by atomic mass is 35.5. The summed E-state index contributed by atoms with van der Waals surface area (Å²) in [5, 5.41) is 4.16. The van der Waals surface area contributed by atoms with Crippen molar-refractivity contribution in [1.29, 1.82) is 0 Å². The van der Waals surface area contributed by atoms with Crippen LogP contribution in [0.3, 0.4) is 0 Å². The molecule has 0 saturated heterocycles. The lowest BCUT2D eigenvalue weighted by molar-refractivity contribution is 0.861. The molecule has 0 spiro atoms. The fourth-order valence-corrected chi connectivity index (χ4v) is 4.18. The Morgan fingerprint density at radius 1 is 0.700 bits per heavy atom. The van der Waals surface area contributed by atoms with Gasteiger partial charge in [0.05, 0.1) is 4.99 Å². The van der Waals surface area contributed by atoms with E-state index in [-0.39, 0.29) is 5.92 Å². The number of rotatable bonds is 6. The van der Waals surface area contributed by atoms with Gasteiger partial charge in [0.1, 0.15) is 0 Å². The highest BCUT2D eigenvalue weighted by Crippen LogP contribution is 2.33. The SMILES string of the molecule is S=C(CC(c1ccccc1)c1ccccc1Cl)Nc1ccc(-c2ccccc2)cc1. The monoisotopic (exact) mass is 427 g/mol. The van der Waals surface area contributed by atoms with Gasteiger partial charge in [0.25, 0.3) is 0 Å². The van der Waals surface area contributed by atoms with Gasteiger partial charge in [-0.3, -0.25) is 0 Å². The van der Waals surface area contributed by atoms with Crippen molar-refractivity contribution in [2.75, 3.05) is 5.32 Å². The Hall–Kier alpha value is -2.94. The summed E-state index contributed by atoms with van der Waals surface area (Å²) in [5.41, 5.74) is 5.67. The summed E-state index contributed by atoms with van der Waals surface area (Å²) in [6.45, 7) is 0. The summed E-state index contributed by atoms with van der Waals surface area (Å²) >= 11 is 12.3. The molecule has 0 aliphatic carbocycles. The van der Waals surface area contributed by atoms with Crippen LogP contribution in [0.2, 0.25) is 5.02 Å². The Morgan fingerprint density at radius 2 is 1.27 bits per heavy atom. The first-order chi connectivity index (χ1) is 14.7. The van der Waals surface area contributed by atoms with Crippen molar-refractivity contribution in [2.24, 2.45) is 0 Å². The Bertz CT molecular complexity index is 1110. The molecule has 1 unspecified atom stereocenters. The predicted molar refractivity (Wildman–Crippen MR) is 132 cm³/mol. The van der Waals surface area contributed by atoms with Crippen LogP contribution in [-0.2, 0) is 0 Å². The Morgan fingerprint density at radius 3 is 1.93 bits per heavy atom. The van der Waals surface area contributed by atoms with Crippen LogP contribution >= 0.6 is 23.8 Å². The van der Waals surface area contributed by atoms with Crippen molar-refractivity contribution in [3.05, 3.63) is 125 Å². The van der Waals surface area contributed by atoms with E-state index >= 15 is 0 Å². The average Bonchev–Trinajstić information content (AvgIpc) is 2.80. The van der Waals surface area contributed by atoms with Gasteiger partial charge in [-0.15, -0.1) is 0 Å². The average molecular weight is 428 g/mol. The van der Waals surface area contributed by atoms with Crippen LogP contribution in [0, 0.1) is 0 Å². The number of anilines is 1. The number of hydrogen-bond donors (Lipinski definition) is 1. The maximum absolute atomic E-state index is 6.52. The van der Waals surface area contributed by atoms with E-state index in [4.69, 9.17) is 23.8 Å². The lowest BCUT2D eigenvalue weighted by Gasteiger charge is -2.20. The standard InChI is InChI=1S/C27H22ClNS/c28-26-14-8-7-13-24(26)25(22-11-5-2-6-12-22)19-27(30)29-23-17-15-21(16-18-23)20-9-3-1-4-10-20/h1-18,25H,19H2,(H,29,30). The second-order valence-electron chi connectivity index (χ2n) is 7.18. The molecule has 30 heavy (non-hydrogen) atoms. The van der Waals surface area contributed by atoms with Gasteiger partial charge >= 0.3 is 0 Å². The quantitative estimate of drug-likeness (QED) is 0.313. The highest BCUT2D eigenvalue weighted by molar-refractivity contribution is 7.80. The molecule has 4 rings (SSSR count). The fraction of sp³-hybridized carbons (Fsp3) is 0.0741. The van der Waals surface area contributed by atoms with E-state index in [9.17, 15) is 0 Å². The summed E-state index contributed by atoms with van der Waals surface area (Å²) < 4.78 is 0. The van der Waals surface area contributed by atoms with E-state index in [1.54, 1.807) is 0 Å². The number of nitrogens with one attached hydrogen (secondary N) is 1. The van der Waals surface area contributed by atoms with Crippen LogP contribution in [0.25, 0.3) is 11.1 Å². The summed E-state index contributed by atoms with van der Waals surface area (Å²) in [6, 6.07) is 37.1. The van der Waals surface area contributed by atoms with E-state index in [0.717, 1.165) is 21.3 Å². The number of halogens is 1. The van der Waals surface area contributed by atoms with Crippen molar-refractivity contribution >= 4 is 34.5 Å². The van der Waals surface area contributed by atoms with E-state index in [0.29, 0.717) is 6.42 Å². The van der Waals surface area contributed by atoms with Crippen LogP contribution in [0.1, 0.15) is 23.5 Å². The molecular weight excluding hydrogens is 406 g/mol. The molecule has 0 fully saturated rings. The minimum atomic E-state index is 0.100. The normalized spacial score (nSPS) is 11.6. The first kappa shape index (κ1) is 20.3. The summed E-state index contributed by atoms with van der Waals surface area (Å²) in [6.07, 6.45) is 0.684. The van der Waals surface area contributed by atoms with Crippen molar-refractivity contribution in [2.45, 2.75) is 12.3 Å². The molecule has 4 aromatic carbocycles. The third-order valence-electron chi connectivity index (χ3n) is 5.15. The van der Waals surface area contributed by atoms with Crippen molar-refractivity contribution in [3.8, 4) is 11.1 Å². The van der Waals surface area contributed by atoms with Crippen LogP contribution < -0.4 is 5.32 Å². The minimum Gasteiger partial charge on any atom is -0.350 e. The summed E-state index contributed by atoms with van der Waals surface area (Å²) in [5.74, 6) is 0.100. The van der Waals surface area contributed by atoms with Gasteiger partial charge in [-0.2, -0.15) is 0 Å². The third kappa shape index (κ3) is 4.96. The molecule has 1 atom stereocenters. The zero-order chi connectivity index (χ0) is 20.8. The Kier molecular flexibility index (Phi) is 6.58. The molecule has 0 saturated carbocycles. The molecule has 1 N–H and O–H groups in total. The third-order valence-corrected chi connectivity index (χ3v) is 5.76. The zero-order valence-corrected chi connectivity index (χ0v) is 18.0. The molecule has 0 aliphatic rings. The van der Waals surface area contributed by atoms with E-state index < -0.39 is 0 Å². The maximum Gasteiger partial charge on any atom is 0.0806 e. The zero-order valence-electron chi connectivity index (χ0n) is 16.5. The summed E-state index contributed by atoms with van der Waals surface area (Å²) in [7, 11) is 0. The molecule has 0 aromatic heterocycles. The van der Waals surface area contributed by atoms with Gasteiger partial charge in [0.15, 0.2) is 0 Å². The second kappa shape index (κ2) is 9.71. The lowest BCUT2D eigenvalue weighted by atomic mass is 9.88. The fourth-order valence-electron chi connectivity index (χ4n) is 3.62. The number of hydrogen-bond acceptors (Lipinski definition) is 1. The first-order valence-corrected chi connectivity index (χ1v) is 10.7. The molecule has 0 radical (unpaired) electrons. The molecular formula is C27H22ClNS. The molecule has 0 bridgehead atoms. The number of thiocarbonyl (C=S) groups is 1. The lowest BCUT2D eigenvalue weighted by Crippen LogP contribution is -2.15. The molecule has 3 heteroatoms. The number of benzene rings is 4. The smallest absolute Gasteiger partial charge is 0.0806 e. The maximum atomic E-state index is 6.52. The second-order valence-corrected chi connectivity index (χ2v) is 8.08. The molecule has 148 valence electrons.